The van der Waals surface area contributed by atoms with Crippen LogP contribution < -0.4 is 5.32 Å². The molecule has 0 bridgehead atoms. The van der Waals surface area contributed by atoms with E-state index >= 15 is 0 Å². The van der Waals surface area contributed by atoms with Crippen LogP contribution in [0.5, 0.6) is 0 Å². The van der Waals surface area contributed by atoms with E-state index in [-0.39, 0.29) is 23.9 Å². The lowest BCUT2D eigenvalue weighted by Gasteiger charge is -2.27. The Morgan fingerprint density at radius 2 is 1.83 bits per heavy atom. The number of allylic oxidation sites excluding steroid dienone is 1. The summed E-state index contributed by atoms with van der Waals surface area (Å²) in [6.45, 7) is 1.59. The first-order chi connectivity index (χ1) is 13.9. The van der Waals surface area contributed by atoms with Crippen molar-refractivity contribution in [3.8, 4) is 11.8 Å². The van der Waals surface area contributed by atoms with E-state index in [1.165, 1.54) is 6.07 Å². The van der Waals surface area contributed by atoms with E-state index < -0.39 is 23.5 Å². The lowest BCUT2D eigenvalue weighted by atomic mass is 9.88. The van der Waals surface area contributed by atoms with E-state index in [4.69, 9.17) is 0 Å². The van der Waals surface area contributed by atoms with Crippen LogP contribution in [0.1, 0.15) is 18.1 Å². The predicted octanol–water partition coefficient (Wildman–Crippen LogP) is 2.73. The SMILES string of the molecule is CC1=C2NC(C#Cc3ccccc3)=NN2C(=O)C(Cc2ccc(F)c(F)c2)C1=O. The minimum absolute atomic E-state index is 0.0451. The second-order valence-corrected chi connectivity index (χ2v) is 6.68. The highest BCUT2D eigenvalue weighted by molar-refractivity contribution is 6.15. The number of amidine groups is 1. The zero-order chi connectivity index (χ0) is 20.5. The Morgan fingerprint density at radius 1 is 1.07 bits per heavy atom. The van der Waals surface area contributed by atoms with Crippen LogP contribution in [0.2, 0.25) is 0 Å². The summed E-state index contributed by atoms with van der Waals surface area (Å²) < 4.78 is 26.6. The number of rotatable bonds is 2. The molecule has 144 valence electrons. The van der Waals surface area contributed by atoms with E-state index in [2.05, 4.69) is 22.3 Å². The van der Waals surface area contributed by atoms with E-state index in [1.54, 1.807) is 6.92 Å². The molecule has 0 spiro atoms. The summed E-state index contributed by atoms with van der Waals surface area (Å²) in [5.41, 5.74) is 1.47. The van der Waals surface area contributed by atoms with Crippen molar-refractivity contribution < 1.29 is 18.4 Å². The summed E-state index contributed by atoms with van der Waals surface area (Å²) in [5, 5.41) is 8.21. The number of ketones is 1. The van der Waals surface area contributed by atoms with Gasteiger partial charge < -0.3 is 5.32 Å². The monoisotopic (exact) mass is 391 g/mol. The van der Waals surface area contributed by atoms with Gasteiger partial charge in [0.05, 0.1) is 0 Å². The van der Waals surface area contributed by atoms with Gasteiger partial charge in [-0.05, 0) is 49.1 Å². The maximum Gasteiger partial charge on any atom is 0.260 e. The molecule has 4 rings (SSSR count). The molecule has 2 aliphatic rings. The molecule has 0 saturated carbocycles. The fourth-order valence-electron chi connectivity index (χ4n) is 3.18. The summed E-state index contributed by atoms with van der Waals surface area (Å²) in [7, 11) is 0. The van der Waals surface area contributed by atoms with Gasteiger partial charge in [0.25, 0.3) is 5.91 Å². The predicted molar refractivity (Wildman–Crippen MR) is 102 cm³/mol. The minimum Gasteiger partial charge on any atom is -0.316 e. The Kier molecular flexibility index (Phi) is 4.69. The van der Waals surface area contributed by atoms with Crippen molar-refractivity contribution in [3.63, 3.8) is 0 Å². The van der Waals surface area contributed by atoms with Crippen LogP contribution in [0.4, 0.5) is 8.78 Å². The molecule has 0 saturated heterocycles. The minimum atomic E-state index is -1.06. The molecule has 5 nitrogen and oxygen atoms in total. The van der Waals surface area contributed by atoms with Gasteiger partial charge in [0.1, 0.15) is 11.7 Å². The normalized spacial score (nSPS) is 18.1. The topological polar surface area (TPSA) is 61.8 Å². The van der Waals surface area contributed by atoms with Gasteiger partial charge in [-0.1, -0.05) is 30.2 Å². The molecule has 1 atom stereocenters. The molecule has 1 amide bonds. The lowest BCUT2D eigenvalue weighted by Crippen LogP contribution is -2.43. The largest absolute Gasteiger partial charge is 0.316 e. The number of benzene rings is 2. The third-order valence-corrected chi connectivity index (χ3v) is 4.72. The van der Waals surface area contributed by atoms with Gasteiger partial charge in [-0.2, -0.15) is 5.01 Å². The van der Waals surface area contributed by atoms with Crippen LogP contribution in [0.3, 0.4) is 0 Å². The summed E-state index contributed by atoms with van der Waals surface area (Å²) in [6.07, 6.45) is -0.0451. The molecule has 0 aromatic heterocycles. The number of hydrogen-bond acceptors (Lipinski definition) is 4. The van der Waals surface area contributed by atoms with Crippen molar-refractivity contribution >= 4 is 17.5 Å². The molecule has 7 heteroatoms. The standard InChI is InChI=1S/C22H15F2N3O2/c1-13-20(28)16(11-15-7-9-17(23)18(24)12-15)22(29)27-21(13)25-19(26-27)10-8-14-5-3-2-4-6-14/h2-7,9,12,16H,11H2,1H3,(H,25,26). The van der Waals surface area contributed by atoms with Gasteiger partial charge in [0, 0.05) is 11.1 Å². The lowest BCUT2D eigenvalue weighted by molar-refractivity contribution is -0.140. The van der Waals surface area contributed by atoms with Gasteiger partial charge in [0.15, 0.2) is 17.4 Å². The van der Waals surface area contributed by atoms with Crippen LogP contribution in [-0.2, 0) is 16.0 Å². The molecule has 2 aromatic rings. The summed E-state index contributed by atoms with van der Waals surface area (Å²) in [4.78, 5) is 25.6. The molecule has 1 unspecified atom stereocenters. The van der Waals surface area contributed by atoms with E-state index in [1.807, 2.05) is 30.3 Å². The zero-order valence-corrected chi connectivity index (χ0v) is 15.4. The van der Waals surface area contributed by atoms with E-state index in [0.717, 1.165) is 22.7 Å². The third-order valence-electron chi connectivity index (χ3n) is 4.72. The highest BCUT2D eigenvalue weighted by Gasteiger charge is 2.42. The quantitative estimate of drug-likeness (QED) is 0.633. The average Bonchev–Trinajstić information content (AvgIpc) is 3.16. The molecule has 29 heavy (non-hydrogen) atoms. The van der Waals surface area contributed by atoms with E-state index in [9.17, 15) is 18.4 Å². The number of hydrazone groups is 1. The summed E-state index contributed by atoms with van der Waals surface area (Å²) >= 11 is 0. The number of carbonyl (C=O) groups excluding carboxylic acids is 2. The van der Waals surface area contributed by atoms with Crippen molar-refractivity contribution in [2.45, 2.75) is 13.3 Å². The first-order valence-corrected chi connectivity index (χ1v) is 8.89. The smallest absolute Gasteiger partial charge is 0.260 e. The number of amides is 1. The van der Waals surface area contributed by atoms with Crippen molar-refractivity contribution in [1.82, 2.24) is 10.3 Å². The van der Waals surface area contributed by atoms with Gasteiger partial charge in [-0.25, -0.2) is 8.78 Å². The second-order valence-electron chi connectivity index (χ2n) is 6.68. The van der Waals surface area contributed by atoms with Crippen LogP contribution in [-0.4, -0.2) is 22.5 Å². The van der Waals surface area contributed by atoms with Gasteiger partial charge in [-0.3, -0.25) is 9.59 Å². The molecular formula is C22H15F2N3O2. The average molecular weight is 391 g/mol. The molecular weight excluding hydrogens is 376 g/mol. The number of carbonyl (C=O) groups is 2. The van der Waals surface area contributed by atoms with Crippen molar-refractivity contribution in [3.05, 3.63) is 82.7 Å². The zero-order valence-electron chi connectivity index (χ0n) is 15.4. The third kappa shape index (κ3) is 3.52. The first kappa shape index (κ1) is 18.6. The number of halogens is 2. The van der Waals surface area contributed by atoms with Crippen molar-refractivity contribution in [1.29, 1.82) is 0 Å². The maximum absolute atomic E-state index is 13.5. The number of nitrogens with zero attached hydrogens (tertiary/aromatic N) is 2. The van der Waals surface area contributed by atoms with Crippen LogP contribution in [0.15, 0.2) is 65.0 Å². The van der Waals surface area contributed by atoms with Crippen LogP contribution in [0.25, 0.3) is 0 Å². The van der Waals surface area contributed by atoms with Crippen LogP contribution >= 0.6 is 0 Å². The molecule has 2 aliphatic heterocycles. The number of nitrogens with one attached hydrogen (secondary N) is 1. The molecule has 2 aromatic carbocycles. The first-order valence-electron chi connectivity index (χ1n) is 8.89. The molecule has 1 N–H and O–H groups in total. The van der Waals surface area contributed by atoms with Gasteiger partial charge in [-0.15, -0.1) is 5.10 Å². The van der Waals surface area contributed by atoms with Gasteiger partial charge >= 0.3 is 0 Å². The molecule has 0 fully saturated rings. The second kappa shape index (κ2) is 7.32. The Bertz CT molecular complexity index is 1140. The highest BCUT2D eigenvalue weighted by atomic mass is 19.2. The molecule has 2 heterocycles. The molecule has 0 aliphatic carbocycles. The Morgan fingerprint density at radius 3 is 2.55 bits per heavy atom. The Balaban J connectivity index is 1.60. The number of Topliss-reactive ketones (excluding diaryl/α,β-unsaturated/α-hetero) is 1. The highest BCUT2D eigenvalue weighted by Crippen LogP contribution is 2.28. The fraction of sp³-hybridized carbons (Fsp3) is 0.136. The number of hydrogen-bond donors (Lipinski definition) is 1. The van der Waals surface area contributed by atoms with Crippen molar-refractivity contribution in [2.24, 2.45) is 11.0 Å². The maximum atomic E-state index is 13.5. The summed E-state index contributed by atoms with van der Waals surface area (Å²) in [6, 6.07) is 12.6. The summed E-state index contributed by atoms with van der Waals surface area (Å²) in [5.74, 6) is 2.32. The van der Waals surface area contributed by atoms with Crippen LogP contribution in [0, 0.1) is 29.4 Å². The Hall–Kier alpha value is -3.79. The number of fused-ring (bicyclic) bond motifs is 1. The Labute approximate surface area is 165 Å². The van der Waals surface area contributed by atoms with Gasteiger partial charge in [0.2, 0.25) is 5.84 Å². The van der Waals surface area contributed by atoms with E-state index in [0.29, 0.717) is 11.1 Å². The fourth-order valence-corrected chi connectivity index (χ4v) is 3.18. The van der Waals surface area contributed by atoms with Crippen molar-refractivity contribution in [2.75, 3.05) is 0 Å². The molecule has 0 radical (unpaired) electrons.